The first-order chi connectivity index (χ1) is 9.20. The smallest absolute Gasteiger partial charge is 0.227 e. The van der Waals surface area contributed by atoms with Crippen LogP contribution in [-0.2, 0) is 4.79 Å². The molecule has 0 atom stereocenters. The quantitative estimate of drug-likeness (QED) is 0.899. The van der Waals surface area contributed by atoms with Crippen molar-refractivity contribution in [3.8, 4) is 5.75 Å². The number of ether oxygens (including phenoxy) is 1. The number of hydrogen-bond donors (Lipinski definition) is 2. The SMILES string of the molecule is CCOc1cc(F)ccc1NC(=O)C1CCNCC1.Cl. The molecule has 4 nitrogen and oxygen atoms in total. The highest BCUT2D eigenvalue weighted by molar-refractivity contribution is 5.94. The lowest BCUT2D eigenvalue weighted by atomic mass is 9.97. The van der Waals surface area contributed by atoms with Crippen molar-refractivity contribution in [1.82, 2.24) is 5.32 Å². The van der Waals surface area contributed by atoms with Gasteiger partial charge in [-0.15, -0.1) is 12.4 Å². The van der Waals surface area contributed by atoms with Gasteiger partial charge in [0.05, 0.1) is 12.3 Å². The van der Waals surface area contributed by atoms with Gasteiger partial charge in [-0.25, -0.2) is 4.39 Å². The maximum atomic E-state index is 13.2. The van der Waals surface area contributed by atoms with Crippen LogP contribution in [0.5, 0.6) is 5.75 Å². The first-order valence-electron chi connectivity index (χ1n) is 6.64. The van der Waals surface area contributed by atoms with Gasteiger partial charge in [0.2, 0.25) is 5.91 Å². The van der Waals surface area contributed by atoms with E-state index in [0.29, 0.717) is 18.0 Å². The van der Waals surface area contributed by atoms with Gasteiger partial charge in [0, 0.05) is 12.0 Å². The topological polar surface area (TPSA) is 50.4 Å². The van der Waals surface area contributed by atoms with Gasteiger partial charge in [-0.2, -0.15) is 0 Å². The summed E-state index contributed by atoms with van der Waals surface area (Å²) in [6.07, 6.45) is 1.66. The van der Waals surface area contributed by atoms with Gasteiger partial charge < -0.3 is 15.4 Å². The normalized spacial score (nSPS) is 15.3. The average molecular weight is 303 g/mol. The number of anilines is 1. The van der Waals surface area contributed by atoms with E-state index in [1.807, 2.05) is 6.92 Å². The summed E-state index contributed by atoms with van der Waals surface area (Å²) < 4.78 is 18.5. The maximum absolute atomic E-state index is 13.2. The summed E-state index contributed by atoms with van der Waals surface area (Å²) in [5.74, 6) is 0.00272. The minimum absolute atomic E-state index is 0. The zero-order chi connectivity index (χ0) is 13.7. The Morgan fingerprint density at radius 2 is 2.15 bits per heavy atom. The minimum atomic E-state index is -0.372. The van der Waals surface area contributed by atoms with E-state index in [-0.39, 0.29) is 30.0 Å². The van der Waals surface area contributed by atoms with Gasteiger partial charge in [-0.1, -0.05) is 0 Å². The van der Waals surface area contributed by atoms with Crippen molar-refractivity contribution in [1.29, 1.82) is 0 Å². The molecule has 1 aliphatic rings. The number of carbonyl (C=O) groups excluding carboxylic acids is 1. The van der Waals surface area contributed by atoms with Crippen molar-refractivity contribution in [3.63, 3.8) is 0 Å². The molecule has 0 aromatic heterocycles. The lowest BCUT2D eigenvalue weighted by molar-refractivity contribution is -0.120. The van der Waals surface area contributed by atoms with Crippen LogP contribution in [0.3, 0.4) is 0 Å². The fourth-order valence-electron chi connectivity index (χ4n) is 2.19. The van der Waals surface area contributed by atoms with Gasteiger partial charge in [0.15, 0.2) is 0 Å². The molecule has 0 saturated carbocycles. The summed E-state index contributed by atoms with van der Waals surface area (Å²) in [6, 6.07) is 4.15. The van der Waals surface area contributed by atoms with Gasteiger partial charge in [-0.05, 0) is 45.0 Å². The summed E-state index contributed by atoms with van der Waals surface area (Å²) in [5, 5.41) is 6.05. The van der Waals surface area contributed by atoms with Crippen LogP contribution in [0, 0.1) is 11.7 Å². The Balaban J connectivity index is 0.00000200. The van der Waals surface area contributed by atoms with Crippen molar-refractivity contribution in [2.24, 2.45) is 5.92 Å². The molecule has 1 aliphatic heterocycles. The molecule has 0 bridgehead atoms. The molecule has 2 rings (SSSR count). The predicted molar refractivity (Wildman–Crippen MR) is 79.0 cm³/mol. The summed E-state index contributed by atoms with van der Waals surface area (Å²) in [6.45, 7) is 3.97. The number of nitrogens with one attached hydrogen (secondary N) is 2. The van der Waals surface area contributed by atoms with Crippen molar-refractivity contribution in [2.45, 2.75) is 19.8 Å². The highest BCUT2D eigenvalue weighted by atomic mass is 35.5. The summed E-state index contributed by atoms with van der Waals surface area (Å²) >= 11 is 0. The Hall–Kier alpha value is -1.33. The third-order valence-corrected chi connectivity index (χ3v) is 3.21. The predicted octanol–water partition coefficient (Wildman–Crippen LogP) is 2.58. The second-order valence-corrected chi connectivity index (χ2v) is 4.59. The third-order valence-electron chi connectivity index (χ3n) is 3.21. The largest absolute Gasteiger partial charge is 0.492 e. The molecule has 0 spiro atoms. The van der Waals surface area contributed by atoms with E-state index in [1.165, 1.54) is 12.1 Å². The Morgan fingerprint density at radius 3 is 2.80 bits per heavy atom. The highest BCUT2D eigenvalue weighted by Crippen LogP contribution is 2.26. The number of benzene rings is 1. The van der Waals surface area contributed by atoms with Crippen LogP contribution in [0.1, 0.15) is 19.8 Å². The summed E-state index contributed by atoms with van der Waals surface area (Å²) in [4.78, 5) is 12.1. The number of hydrogen-bond acceptors (Lipinski definition) is 3. The van der Waals surface area contributed by atoms with Crippen LogP contribution < -0.4 is 15.4 Å². The van der Waals surface area contributed by atoms with Crippen molar-refractivity contribution in [2.75, 3.05) is 25.0 Å². The molecule has 1 fully saturated rings. The molecule has 1 aromatic carbocycles. The molecule has 20 heavy (non-hydrogen) atoms. The number of piperidine rings is 1. The Bertz CT molecular complexity index is 451. The molecule has 0 unspecified atom stereocenters. The number of halogens is 2. The van der Waals surface area contributed by atoms with Gasteiger partial charge in [-0.3, -0.25) is 4.79 Å². The van der Waals surface area contributed by atoms with E-state index in [4.69, 9.17) is 4.74 Å². The third kappa shape index (κ3) is 4.35. The number of rotatable bonds is 4. The summed E-state index contributed by atoms with van der Waals surface area (Å²) in [5.41, 5.74) is 0.534. The van der Waals surface area contributed by atoms with Gasteiger partial charge in [0.1, 0.15) is 11.6 Å². The molecule has 0 radical (unpaired) electrons. The minimum Gasteiger partial charge on any atom is -0.492 e. The maximum Gasteiger partial charge on any atom is 0.227 e. The van der Waals surface area contributed by atoms with E-state index < -0.39 is 0 Å². The van der Waals surface area contributed by atoms with Gasteiger partial charge in [0.25, 0.3) is 0 Å². The van der Waals surface area contributed by atoms with Crippen LogP contribution >= 0.6 is 12.4 Å². The summed E-state index contributed by atoms with van der Waals surface area (Å²) in [7, 11) is 0. The Labute approximate surface area is 124 Å². The average Bonchev–Trinajstić information content (AvgIpc) is 2.43. The first kappa shape index (κ1) is 16.7. The van der Waals surface area contributed by atoms with Crippen molar-refractivity contribution < 1.29 is 13.9 Å². The highest BCUT2D eigenvalue weighted by Gasteiger charge is 2.21. The van der Waals surface area contributed by atoms with Crippen molar-refractivity contribution in [3.05, 3.63) is 24.0 Å². The van der Waals surface area contributed by atoms with E-state index in [1.54, 1.807) is 6.07 Å². The zero-order valence-electron chi connectivity index (χ0n) is 11.4. The molecule has 1 aromatic rings. The second kappa shape index (κ2) is 8.07. The van der Waals surface area contributed by atoms with E-state index >= 15 is 0 Å². The molecular formula is C14H20ClFN2O2. The van der Waals surface area contributed by atoms with Crippen molar-refractivity contribution >= 4 is 24.0 Å². The fourth-order valence-corrected chi connectivity index (χ4v) is 2.19. The standard InChI is InChI=1S/C14H19FN2O2.ClH/c1-2-19-13-9-11(15)3-4-12(13)17-14(18)10-5-7-16-8-6-10;/h3-4,9-10,16H,2,5-8H2,1H3,(H,17,18);1H. The molecule has 2 N–H and O–H groups in total. The zero-order valence-corrected chi connectivity index (χ0v) is 12.3. The second-order valence-electron chi connectivity index (χ2n) is 4.59. The molecule has 0 aliphatic carbocycles. The molecule has 112 valence electrons. The van der Waals surface area contributed by atoms with Crippen LogP contribution in [0.25, 0.3) is 0 Å². The van der Waals surface area contributed by atoms with Crippen LogP contribution in [0.4, 0.5) is 10.1 Å². The van der Waals surface area contributed by atoms with E-state index in [2.05, 4.69) is 10.6 Å². The Kier molecular flexibility index (Phi) is 6.75. The monoisotopic (exact) mass is 302 g/mol. The molecule has 6 heteroatoms. The number of amides is 1. The molecular weight excluding hydrogens is 283 g/mol. The Morgan fingerprint density at radius 1 is 1.45 bits per heavy atom. The van der Waals surface area contributed by atoms with Crippen LogP contribution in [-0.4, -0.2) is 25.6 Å². The van der Waals surface area contributed by atoms with E-state index in [0.717, 1.165) is 25.9 Å². The first-order valence-corrected chi connectivity index (χ1v) is 6.64. The molecule has 1 amide bonds. The lowest BCUT2D eigenvalue weighted by Crippen LogP contribution is -2.34. The molecule has 1 heterocycles. The number of carbonyl (C=O) groups is 1. The van der Waals surface area contributed by atoms with Crippen LogP contribution in [0.2, 0.25) is 0 Å². The molecule has 1 saturated heterocycles. The van der Waals surface area contributed by atoms with Crippen LogP contribution in [0.15, 0.2) is 18.2 Å². The van der Waals surface area contributed by atoms with E-state index in [9.17, 15) is 9.18 Å². The van der Waals surface area contributed by atoms with Gasteiger partial charge >= 0.3 is 0 Å². The lowest BCUT2D eigenvalue weighted by Gasteiger charge is -2.22. The fraction of sp³-hybridized carbons (Fsp3) is 0.500.